The Balaban J connectivity index is 1.99. The summed E-state index contributed by atoms with van der Waals surface area (Å²) in [5, 5.41) is 0. The summed E-state index contributed by atoms with van der Waals surface area (Å²) < 4.78 is 0. The highest BCUT2D eigenvalue weighted by Crippen LogP contribution is 2.51. The van der Waals surface area contributed by atoms with Gasteiger partial charge in [-0.05, 0) is 23.3 Å². The molecular formula is C22H21NOS. The van der Waals surface area contributed by atoms with Crippen LogP contribution in [-0.2, 0) is 10.2 Å². The third-order valence-electron chi connectivity index (χ3n) is 5.12. The number of Topliss-reactive ketones (excluding diaryl/α,β-unsaturated/α-hetero) is 1. The van der Waals surface area contributed by atoms with E-state index in [1.54, 1.807) is 11.8 Å². The normalized spacial score (nSPS) is 27.9. The highest BCUT2D eigenvalue weighted by atomic mass is 32.2. The first-order valence-corrected chi connectivity index (χ1v) is 9.77. The molecule has 1 aliphatic heterocycles. The lowest BCUT2D eigenvalue weighted by atomic mass is 9.69. The van der Waals surface area contributed by atoms with Crippen LogP contribution >= 0.6 is 11.8 Å². The van der Waals surface area contributed by atoms with Gasteiger partial charge in [0.15, 0.2) is 10.7 Å². The Morgan fingerprint density at radius 2 is 1.60 bits per heavy atom. The average molecular weight is 347 g/mol. The molecule has 0 saturated heterocycles. The van der Waals surface area contributed by atoms with Crippen molar-refractivity contribution in [1.82, 2.24) is 0 Å². The second-order valence-electron chi connectivity index (χ2n) is 6.52. The minimum absolute atomic E-state index is 0.238. The minimum Gasteiger partial charge on any atom is -0.294 e. The fraction of sp³-hybridized carbons (Fsp3) is 0.273. The van der Waals surface area contributed by atoms with Crippen LogP contribution in [0.25, 0.3) is 0 Å². The summed E-state index contributed by atoms with van der Waals surface area (Å²) in [6.45, 7) is 2.10. The monoisotopic (exact) mass is 347 g/mol. The van der Waals surface area contributed by atoms with E-state index >= 15 is 0 Å². The van der Waals surface area contributed by atoms with Crippen molar-refractivity contribution in [2.45, 2.75) is 30.1 Å². The third kappa shape index (κ3) is 2.41. The maximum Gasteiger partial charge on any atom is 0.187 e. The smallest absolute Gasteiger partial charge is 0.187 e. The Kier molecular flexibility index (Phi) is 4.12. The predicted molar refractivity (Wildman–Crippen MR) is 105 cm³/mol. The lowest BCUT2D eigenvalue weighted by Gasteiger charge is -2.31. The van der Waals surface area contributed by atoms with Crippen LogP contribution in [0.15, 0.2) is 77.8 Å². The standard InChI is InChI=1S/C22H21NOS/c1-2-25-22-16-10-9-15-21(20(22)24,18-13-7-4-8-14-18)19(23-22)17-11-5-3-6-12-17/h3-14H,2,15-16H2,1H3. The number of carbonyl (C=O) groups excluding carboxylic acids is 1. The number of benzene rings is 2. The predicted octanol–water partition coefficient (Wildman–Crippen LogP) is 4.80. The zero-order chi connectivity index (χ0) is 17.3. The Morgan fingerprint density at radius 1 is 0.960 bits per heavy atom. The quantitative estimate of drug-likeness (QED) is 0.744. The number of carbonyl (C=O) groups is 1. The number of nitrogens with zero attached hydrogens (tertiary/aromatic N) is 1. The van der Waals surface area contributed by atoms with Crippen molar-refractivity contribution in [1.29, 1.82) is 0 Å². The lowest BCUT2D eigenvalue weighted by molar-refractivity contribution is -0.123. The van der Waals surface area contributed by atoms with E-state index in [2.05, 4.69) is 43.3 Å². The van der Waals surface area contributed by atoms with E-state index in [1.165, 1.54) is 0 Å². The number of hydrogen-bond donors (Lipinski definition) is 0. The van der Waals surface area contributed by atoms with E-state index in [4.69, 9.17) is 4.99 Å². The van der Waals surface area contributed by atoms with E-state index < -0.39 is 10.3 Å². The van der Waals surface area contributed by atoms with Gasteiger partial charge in [-0.1, -0.05) is 79.7 Å². The Morgan fingerprint density at radius 3 is 2.28 bits per heavy atom. The second-order valence-corrected chi connectivity index (χ2v) is 8.07. The number of aliphatic imine (C=N–C) groups is 1. The van der Waals surface area contributed by atoms with Crippen molar-refractivity contribution >= 4 is 23.3 Å². The number of thioether (sulfide) groups is 1. The lowest BCUT2D eigenvalue weighted by Crippen LogP contribution is -2.45. The summed E-state index contributed by atoms with van der Waals surface area (Å²) in [5.41, 5.74) is 2.34. The van der Waals surface area contributed by atoms with Gasteiger partial charge in [0.1, 0.15) is 5.41 Å². The molecule has 2 aliphatic rings. The molecule has 0 amide bonds. The summed E-state index contributed by atoms with van der Waals surface area (Å²) in [6.07, 6.45) is 5.65. The molecule has 1 aliphatic carbocycles. The fourth-order valence-corrected chi connectivity index (χ4v) is 5.16. The third-order valence-corrected chi connectivity index (χ3v) is 6.33. The van der Waals surface area contributed by atoms with Crippen LogP contribution in [0, 0.1) is 0 Å². The summed E-state index contributed by atoms with van der Waals surface area (Å²) in [7, 11) is 0. The van der Waals surface area contributed by atoms with E-state index in [0.29, 0.717) is 12.8 Å². The molecule has 2 bridgehead atoms. The van der Waals surface area contributed by atoms with Crippen molar-refractivity contribution in [2.75, 3.05) is 5.75 Å². The van der Waals surface area contributed by atoms with Gasteiger partial charge in [-0.25, -0.2) is 0 Å². The molecule has 0 N–H and O–H groups in total. The van der Waals surface area contributed by atoms with Gasteiger partial charge in [-0.15, -0.1) is 11.8 Å². The number of ketones is 1. The van der Waals surface area contributed by atoms with Crippen LogP contribution in [0.2, 0.25) is 0 Å². The Labute approximate surface area is 153 Å². The first-order chi connectivity index (χ1) is 12.2. The molecule has 0 radical (unpaired) electrons. The maximum absolute atomic E-state index is 13.9. The van der Waals surface area contributed by atoms with E-state index in [9.17, 15) is 4.79 Å². The molecule has 2 aromatic rings. The van der Waals surface area contributed by atoms with E-state index in [1.807, 2.05) is 36.4 Å². The first kappa shape index (κ1) is 16.3. The Bertz CT molecular complexity index is 843. The fourth-order valence-electron chi connectivity index (χ4n) is 4.01. The number of hydrogen-bond acceptors (Lipinski definition) is 3. The highest BCUT2D eigenvalue weighted by Gasteiger charge is 2.59. The molecule has 2 nitrogen and oxygen atoms in total. The van der Waals surface area contributed by atoms with Gasteiger partial charge in [0, 0.05) is 6.42 Å². The molecule has 126 valence electrons. The van der Waals surface area contributed by atoms with Gasteiger partial charge < -0.3 is 0 Å². The summed E-state index contributed by atoms with van der Waals surface area (Å²) in [5.74, 6) is 1.11. The molecule has 0 saturated carbocycles. The molecule has 2 aromatic carbocycles. The van der Waals surface area contributed by atoms with Gasteiger partial charge >= 0.3 is 0 Å². The summed E-state index contributed by atoms with van der Waals surface area (Å²) >= 11 is 1.67. The minimum atomic E-state index is -0.692. The van der Waals surface area contributed by atoms with Crippen LogP contribution < -0.4 is 0 Å². The number of rotatable bonds is 4. The number of allylic oxidation sites excluding steroid dienone is 1. The van der Waals surface area contributed by atoms with E-state index in [-0.39, 0.29) is 5.78 Å². The molecule has 2 unspecified atom stereocenters. The van der Waals surface area contributed by atoms with Crippen molar-refractivity contribution in [2.24, 2.45) is 4.99 Å². The number of fused-ring (bicyclic) bond motifs is 2. The van der Waals surface area contributed by atoms with Crippen LogP contribution in [0.1, 0.15) is 30.9 Å². The first-order valence-electron chi connectivity index (χ1n) is 8.78. The van der Waals surface area contributed by atoms with Gasteiger partial charge in [0.05, 0.1) is 5.71 Å². The topological polar surface area (TPSA) is 29.4 Å². The van der Waals surface area contributed by atoms with Gasteiger partial charge in [0.2, 0.25) is 0 Å². The van der Waals surface area contributed by atoms with Crippen LogP contribution in [0.3, 0.4) is 0 Å². The molecule has 3 heteroatoms. The van der Waals surface area contributed by atoms with Crippen LogP contribution in [0.4, 0.5) is 0 Å². The molecule has 0 fully saturated rings. The zero-order valence-corrected chi connectivity index (χ0v) is 15.1. The van der Waals surface area contributed by atoms with Crippen molar-refractivity contribution in [3.63, 3.8) is 0 Å². The van der Waals surface area contributed by atoms with Gasteiger partial charge in [0.25, 0.3) is 0 Å². The largest absolute Gasteiger partial charge is 0.294 e. The average Bonchev–Trinajstić information content (AvgIpc) is 2.80. The van der Waals surface area contributed by atoms with Crippen molar-refractivity contribution < 1.29 is 4.79 Å². The van der Waals surface area contributed by atoms with Crippen molar-refractivity contribution in [3.8, 4) is 0 Å². The maximum atomic E-state index is 13.9. The highest BCUT2D eigenvalue weighted by molar-refractivity contribution is 8.01. The molecule has 2 atom stereocenters. The SMILES string of the molecule is CCSC12CC=CCC(c3ccccc3)(C1=O)C(c1ccccc1)=N2. The second kappa shape index (κ2) is 6.30. The molecule has 4 rings (SSSR count). The van der Waals surface area contributed by atoms with Crippen LogP contribution in [-0.4, -0.2) is 22.1 Å². The van der Waals surface area contributed by atoms with Gasteiger partial charge in [-0.2, -0.15) is 0 Å². The van der Waals surface area contributed by atoms with E-state index in [0.717, 1.165) is 22.6 Å². The molecule has 1 heterocycles. The van der Waals surface area contributed by atoms with Crippen LogP contribution in [0.5, 0.6) is 0 Å². The molecule has 0 aromatic heterocycles. The molecule has 25 heavy (non-hydrogen) atoms. The zero-order valence-electron chi connectivity index (χ0n) is 14.3. The Hall–Kier alpha value is -2.13. The van der Waals surface area contributed by atoms with Crippen molar-refractivity contribution in [3.05, 3.63) is 83.9 Å². The van der Waals surface area contributed by atoms with Gasteiger partial charge in [-0.3, -0.25) is 9.79 Å². The summed E-state index contributed by atoms with van der Waals surface area (Å²) in [4.78, 5) is 18.3. The summed E-state index contributed by atoms with van der Waals surface area (Å²) in [6, 6.07) is 20.4. The molecular weight excluding hydrogens is 326 g/mol. The molecule has 0 spiro atoms.